The van der Waals surface area contributed by atoms with Crippen LogP contribution in [-0.2, 0) is 9.59 Å². The lowest BCUT2D eigenvalue weighted by Gasteiger charge is -2.27. The standard InChI is InChI=1S/C24H25FN4O4S/c1-33-19-13-16(25)7-10-18(19)27-22(31)15-5-8-17(9-6-15)26-21(30)14-20-23(32)28-24(34-20)29-11-3-2-4-12-29/h5-10,13,20H,2-4,11-12,14H2,1H3,(H,26,30)(H,27,31). The second-order valence-corrected chi connectivity index (χ2v) is 9.19. The molecule has 8 nitrogen and oxygen atoms in total. The third kappa shape index (κ3) is 5.74. The van der Waals surface area contributed by atoms with Crippen molar-refractivity contribution in [3.8, 4) is 5.75 Å². The first kappa shape index (κ1) is 23.7. The van der Waals surface area contributed by atoms with Gasteiger partial charge >= 0.3 is 0 Å². The lowest BCUT2D eigenvalue weighted by atomic mass is 10.1. The van der Waals surface area contributed by atoms with Gasteiger partial charge in [0.15, 0.2) is 5.17 Å². The van der Waals surface area contributed by atoms with E-state index in [4.69, 9.17) is 4.74 Å². The molecule has 34 heavy (non-hydrogen) atoms. The highest BCUT2D eigenvalue weighted by molar-refractivity contribution is 8.15. The predicted molar refractivity (Wildman–Crippen MR) is 130 cm³/mol. The molecule has 0 spiro atoms. The van der Waals surface area contributed by atoms with Crippen LogP contribution in [0.5, 0.6) is 5.75 Å². The number of hydrogen-bond donors (Lipinski definition) is 2. The van der Waals surface area contributed by atoms with Crippen molar-refractivity contribution >= 4 is 46.0 Å². The van der Waals surface area contributed by atoms with Crippen LogP contribution in [0.15, 0.2) is 47.5 Å². The minimum Gasteiger partial charge on any atom is -0.494 e. The summed E-state index contributed by atoms with van der Waals surface area (Å²) in [4.78, 5) is 43.5. The van der Waals surface area contributed by atoms with Crippen LogP contribution in [0.25, 0.3) is 0 Å². The van der Waals surface area contributed by atoms with Crippen molar-refractivity contribution in [3.63, 3.8) is 0 Å². The van der Waals surface area contributed by atoms with Crippen molar-refractivity contribution in [1.29, 1.82) is 0 Å². The number of rotatable bonds is 6. The first-order chi connectivity index (χ1) is 16.4. The molecule has 1 atom stereocenters. The largest absolute Gasteiger partial charge is 0.494 e. The molecule has 0 bridgehead atoms. The number of hydrogen-bond acceptors (Lipinski definition) is 6. The molecule has 2 aromatic rings. The normalized spacial score (nSPS) is 17.8. The number of anilines is 2. The van der Waals surface area contributed by atoms with Gasteiger partial charge in [0.1, 0.15) is 16.8 Å². The summed E-state index contributed by atoms with van der Waals surface area (Å²) in [5.41, 5.74) is 1.20. The van der Waals surface area contributed by atoms with Gasteiger partial charge in [-0.15, -0.1) is 0 Å². The van der Waals surface area contributed by atoms with Crippen LogP contribution in [0.4, 0.5) is 15.8 Å². The van der Waals surface area contributed by atoms with Gasteiger partial charge in [0, 0.05) is 36.8 Å². The molecule has 1 fully saturated rings. The van der Waals surface area contributed by atoms with Gasteiger partial charge in [0.25, 0.3) is 11.8 Å². The Bertz CT molecular complexity index is 1120. The van der Waals surface area contributed by atoms with Crippen molar-refractivity contribution in [2.24, 2.45) is 4.99 Å². The average Bonchev–Trinajstić information content (AvgIpc) is 3.21. The van der Waals surface area contributed by atoms with Crippen LogP contribution in [0.3, 0.4) is 0 Å². The van der Waals surface area contributed by atoms with E-state index >= 15 is 0 Å². The smallest absolute Gasteiger partial charge is 0.262 e. The molecular formula is C24H25FN4O4S. The number of ether oxygens (including phenoxy) is 1. The lowest BCUT2D eigenvalue weighted by molar-refractivity contribution is -0.121. The minimum absolute atomic E-state index is 0.0247. The zero-order valence-electron chi connectivity index (χ0n) is 18.7. The highest BCUT2D eigenvalue weighted by Gasteiger charge is 2.33. The molecule has 10 heteroatoms. The molecule has 0 saturated carbocycles. The number of methoxy groups -OCH3 is 1. The molecule has 2 N–H and O–H groups in total. The van der Waals surface area contributed by atoms with E-state index in [-0.39, 0.29) is 24.0 Å². The van der Waals surface area contributed by atoms with Gasteiger partial charge in [0.2, 0.25) is 5.91 Å². The lowest BCUT2D eigenvalue weighted by Crippen LogP contribution is -2.33. The molecule has 0 radical (unpaired) electrons. The highest BCUT2D eigenvalue weighted by atomic mass is 32.2. The molecule has 0 aromatic heterocycles. The Morgan fingerprint density at radius 2 is 1.85 bits per heavy atom. The number of nitrogens with one attached hydrogen (secondary N) is 2. The summed E-state index contributed by atoms with van der Waals surface area (Å²) in [6.45, 7) is 1.79. The first-order valence-corrected chi connectivity index (χ1v) is 11.9. The van der Waals surface area contributed by atoms with E-state index in [0.717, 1.165) is 31.1 Å². The number of thioether (sulfide) groups is 1. The summed E-state index contributed by atoms with van der Waals surface area (Å²) in [5, 5.41) is 5.63. The Balaban J connectivity index is 1.30. The fraction of sp³-hybridized carbons (Fsp3) is 0.333. The summed E-state index contributed by atoms with van der Waals surface area (Å²) in [6.07, 6.45) is 3.39. The predicted octanol–water partition coefficient (Wildman–Crippen LogP) is 3.90. The Kier molecular flexibility index (Phi) is 7.46. The highest BCUT2D eigenvalue weighted by Crippen LogP contribution is 2.29. The Labute approximate surface area is 200 Å². The SMILES string of the molecule is COc1cc(F)ccc1NC(=O)c1ccc(NC(=O)CC2SC(N3CCCCC3)=NC2=O)cc1. The summed E-state index contributed by atoms with van der Waals surface area (Å²) in [7, 11) is 1.39. The van der Waals surface area contributed by atoms with Crippen LogP contribution in [0.1, 0.15) is 36.0 Å². The molecule has 0 aliphatic carbocycles. The number of nitrogens with zero attached hydrogens (tertiary/aromatic N) is 2. The number of carbonyl (C=O) groups is 3. The van der Waals surface area contributed by atoms with Gasteiger partial charge in [-0.3, -0.25) is 14.4 Å². The molecule has 178 valence electrons. The topological polar surface area (TPSA) is 100 Å². The van der Waals surface area contributed by atoms with Crippen molar-refractivity contribution in [1.82, 2.24) is 4.90 Å². The molecule has 2 heterocycles. The number of amides is 3. The Hall–Kier alpha value is -3.40. The summed E-state index contributed by atoms with van der Waals surface area (Å²) in [6, 6.07) is 10.2. The van der Waals surface area contributed by atoms with Crippen LogP contribution in [0.2, 0.25) is 0 Å². The van der Waals surface area contributed by atoms with Crippen molar-refractivity contribution in [2.45, 2.75) is 30.9 Å². The maximum absolute atomic E-state index is 13.3. The third-order valence-electron chi connectivity index (χ3n) is 5.57. The van der Waals surface area contributed by atoms with Crippen molar-refractivity contribution in [3.05, 3.63) is 53.8 Å². The first-order valence-electron chi connectivity index (χ1n) is 11.0. The fourth-order valence-electron chi connectivity index (χ4n) is 3.78. The van der Waals surface area contributed by atoms with E-state index in [1.165, 1.54) is 43.5 Å². The van der Waals surface area contributed by atoms with Crippen LogP contribution >= 0.6 is 11.8 Å². The minimum atomic E-state index is -0.521. The number of benzene rings is 2. The van der Waals surface area contributed by atoms with E-state index in [0.29, 0.717) is 16.9 Å². The number of aliphatic imine (C=N–C) groups is 1. The number of halogens is 1. The summed E-state index contributed by atoms with van der Waals surface area (Å²) >= 11 is 1.35. The van der Waals surface area contributed by atoms with Crippen LogP contribution in [0, 0.1) is 5.82 Å². The maximum atomic E-state index is 13.3. The average molecular weight is 485 g/mol. The van der Waals surface area contributed by atoms with E-state index in [2.05, 4.69) is 20.5 Å². The van der Waals surface area contributed by atoms with E-state index in [1.807, 2.05) is 0 Å². The van der Waals surface area contributed by atoms with Crippen LogP contribution in [-0.4, -0.2) is 53.2 Å². The molecule has 1 saturated heterocycles. The van der Waals surface area contributed by atoms with Crippen molar-refractivity contribution in [2.75, 3.05) is 30.8 Å². The number of carbonyl (C=O) groups excluding carboxylic acids is 3. The van der Waals surface area contributed by atoms with Gasteiger partial charge in [-0.05, 0) is 55.7 Å². The second kappa shape index (κ2) is 10.7. The maximum Gasteiger partial charge on any atom is 0.262 e. The van der Waals surface area contributed by atoms with Crippen LogP contribution < -0.4 is 15.4 Å². The number of piperidine rings is 1. The molecule has 2 aliphatic rings. The summed E-state index contributed by atoms with van der Waals surface area (Å²) < 4.78 is 18.4. The Morgan fingerprint density at radius 3 is 2.56 bits per heavy atom. The zero-order chi connectivity index (χ0) is 24.1. The van der Waals surface area contributed by atoms with Gasteiger partial charge in [-0.2, -0.15) is 4.99 Å². The number of likely N-dealkylation sites (tertiary alicyclic amines) is 1. The van der Waals surface area contributed by atoms with E-state index < -0.39 is 17.0 Å². The molecular weight excluding hydrogens is 459 g/mol. The van der Waals surface area contributed by atoms with Gasteiger partial charge in [-0.25, -0.2) is 4.39 Å². The second-order valence-electron chi connectivity index (χ2n) is 8.02. The third-order valence-corrected chi connectivity index (χ3v) is 6.78. The zero-order valence-corrected chi connectivity index (χ0v) is 19.5. The van der Waals surface area contributed by atoms with Crippen molar-refractivity contribution < 1.29 is 23.5 Å². The quantitative estimate of drug-likeness (QED) is 0.645. The fourth-order valence-corrected chi connectivity index (χ4v) is 4.89. The summed E-state index contributed by atoms with van der Waals surface area (Å²) in [5.74, 6) is -1.23. The number of amidine groups is 1. The molecule has 3 amide bonds. The monoisotopic (exact) mass is 484 g/mol. The molecule has 1 unspecified atom stereocenters. The van der Waals surface area contributed by atoms with E-state index in [9.17, 15) is 18.8 Å². The molecule has 2 aromatic carbocycles. The van der Waals surface area contributed by atoms with Gasteiger partial charge in [0.05, 0.1) is 12.8 Å². The van der Waals surface area contributed by atoms with Gasteiger partial charge < -0.3 is 20.3 Å². The Morgan fingerprint density at radius 1 is 1.12 bits per heavy atom. The van der Waals surface area contributed by atoms with Gasteiger partial charge in [-0.1, -0.05) is 11.8 Å². The van der Waals surface area contributed by atoms with E-state index in [1.54, 1.807) is 24.3 Å². The molecule has 2 aliphatic heterocycles. The molecule has 4 rings (SSSR count).